The van der Waals surface area contributed by atoms with Crippen LogP contribution in [0.2, 0.25) is 0 Å². The molecule has 1 N–H and O–H groups in total. The molecule has 1 saturated carbocycles. The maximum Gasteiger partial charge on any atom is 0.101 e. The minimum Gasteiger partial charge on any atom is -0.366 e. The Morgan fingerprint density at radius 3 is 2.79 bits per heavy atom. The maximum atomic E-state index is 9.26. The quantitative estimate of drug-likeness (QED) is 0.894. The summed E-state index contributed by atoms with van der Waals surface area (Å²) in [6.45, 7) is 3.33. The zero-order valence-corrected chi connectivity index (χ0v) is 11.2. The Labute approximate surface area is 114 Å². The molecule has 1 aliphatic heterocycles. The highest BCUT2D eigenvalue weighted by Gasteiger charge is 2.32. The van der Waals surface area contributed by atoms with Gasteiger partial charge in [0.1, 0.15) is 6.07 Å². The van der Waals surface area contributed by atoms with Gasteiger partial charge in [-0.05, 0) is 50.8 Å². The molecule has 1 aromatic rings. The molecule has 4 nitrogen and oxygen atoms in total. The van der Waals surface area contributed by atoms with Crippen LogP contribution in [0.25, 0.3) is 0 Å². The smallest absolute Gasteiger partial charge is 0.101 e. The van der Waals surface area contributed by atoms with E-state index in [1.807, 2.05) is 12.3 Å². The second-order valence-electron chi connectivity index (χ2n) is 5.58. The first-order chi connectivity index (χ1) is 9.38. The largest absolute Gasteiger partial charge is 0.366 e. The molecular formula is C15H20N4. The molecule has 19 heavy (non-hydrogen) atoms. The van der Waals surface area contributed by atoms with Crippen LogP contribution in [0.5, 0.6) is 0 Å². The minimum absolute atomic E-state index is 0.631. The molecule has 0 aromatic carbocycles. The van der Waals surface area contributed by atoms with Crippen molar-refractivity contribution in [3.8, 4) is 6.07 Å². The fourth-order valence-corrected chi connectivity index (χ4v) is 2.88. The number of nitriles is 1. The van der Waals surface area contributed by atoms with Crippen molar-refractivity contribution in [1.82, 2.24) is 10.3 Å². The molecule has 3 rings (SSSR count). The van der Waals surface area contributed by atoms with Crippen molar-refractivity contribution >= 4 is 5.69 Å². The summed E-state index contributed by atoms with van der Waals surface area (Å²) < 4.78 is 0. The van der Waals surface area contributed by atoms with Gasteiger partial charge in [-0.15, -0.1) is 0 Å². The van der Waals surface area contributed by atoms with Gasteiger partial charge in [0.2, 0.25) is 0 Å². The number of nitrogens with one attached hydrogen (secondary N) is 1. The van der Waals surface area contributed by atoms with Crippen LogP contribution in [0.4, 0.5) is 5.69 Å². The number of nitrogens with zero attached hydrogens (tertiary/aromatic N) is 3. The molecule has 1 aromatic heterocycles. The van der Waals surface area contributed by atoms with E-state index >= 15 is 0 Å². The van der Waals surface area contributed by atoms with E-state index in [-0.39, 0.29) is 0 Å². The maximum absolute atomic E-state index is 9.26. The molecule has 4 heteroatoms. The highest BCUT2D eigenvalue weighted by atomic mass is 15.2. The van der Waals surface area contributed by atoms with Gasteiger partial charge in [0.25, 0.3) is 0 Å². The van der Waals surface area contributed by atoms with E-state index in [2.05, 4.69) is 21.3 Å². The topological polar surface area (TPSA) is 52.0 Å². The second-order valence-corrected chi connectivity index (χ2v) is 5.58. The summed E-state index contributed by atoms with van der Waals surface area (Å²) in [7, 11) is 0. The summed E-state index contributed by atoms with van der Waals surface area (Å²) in [5.74, 6) is 0.744. The van der Waals surface area contributed by atoms with Crippen molar-refractivity contribution < 1.29 is 0 Å². The lowest BCUT2D eigenvalue weighted by atomic mass is 9.97. The van der Waals surface area contributed by atoms with Crippen LogP contribution in [-0.4, -0.2) is 30.7 Å². The Bertz CT molecular complexity index is 469. The third-order valence-electron chi connectivity index (χ3n) is 4.13. The summed E-state index contributed by atoms with van der Waals surface area (Å²) >= 11 is 0. The Kier molecular flexibility index (Phi) is 3.65. The van der Waals surface area contributed by atoms with Gasteiger partial charge in [-0.1, -0.05) is 0 Å². The SMILES string of the molecule is N#Cc1ccncc1N(CC1CCNCC1)C1CC1. The number of rotatable bonds is 4. The summed E-state index contributed by atoms with van der Waals surface area (Å²) in [6.07, 6.45) is 8.56. The number of hydrogen-bond acceptors (Lipinski definition) is 4. The lowest BCUT2D eigenvalue weighted by Gasteiger charge is -2.32. The standard InChI is InChI=1S/C15H20N4/c16-9-13-5-8-18-10-15(13)19(14-1-2-14)11-12-3-6-17-7-4-12/h5,8,10,12,14,17H,1-4,6-7,11H2. The van der Waals surface area contributed by atoms with Crippen molar-refractivity contribution in [2.75, 3.05) is 24.5 Å². The summed E-state index contributed by atoms with van der Waals surface area (Å²) in [4.78, 5) is 6.64. The van der Waals surface area contributed by atoms with E-state index in [0.717, 1.165) is 36.8 Å². The molecule has 1 aliphatic carbocycles. The van der Waals surface area contributed by atoms with Crippen LogP contribution in [-0.2, 0) is 0 Å². The number of piperidine rings is 1. The van der Waals surface area contributed by atoms with Gasteiger partial charge < -0.3 is 10.2 Å². The van der Waals surface area contributed by atoms with Crippen molar-refractivity contribution in [2.24, 2.45) is 5.92 Å². The van der Waals surface area contributed by atoms with Gasteiger partial charge in [0.15, 0.2) is 0 Å². The molecule has 2 aliphatic rings. The molecule has 1 saturated heterocycles. The van der Waals surface area contributed by atoms with Crippen LogP contribution in [0.3, 0.4) is 0 Å². The molecular weight excluding hydrogens is 236 g/mol. The second kappa shape index (κ2) is 5.58. The average Bonchev–Trinajstić information content (AvgIpc) is 3.30. The molecule has 0 amide bonds. The Balaban J connectivity index is 1.78. The van der Waals surface area contributed by atoms with Crippen molar-refractivity contribution in [3.05, 3.63) is 24.0 Å². The number of aromatic nitrogens is 1. The van der Waals surface area contributed by atoms with Crippen LogP contribution in [0.1, 0.15) is 31.2 Å². The Morgan fingerprint density at radius 2 is 2.11 bits per heavy atom. The summed E-state index contributed by atoms with van der Waals surface area (Å²) in [6, 6.07) is 4.76. The van der Waals surface area contributed by atoms with Crippen molar-refractivity contribution in [1.29, 1.82) is 5.26 Å². The van der Waals surface area contributed by atoms with E-state index in [0.29, 0.717) is 6.04 Å². The predicted molar refractivity (Wildman–Crippen MR) is 74.9 cm³/mol. The number of anilines is 1. The fourth-order valence-electron chi connectivity index (χ4n) is 2.88. The number of pyridine rings is 1. The van der Waals surface area contributed by atoms with E-state index < -0.39 is 0 Å². The van der Waals surface area contributed by atoms with Gasteiger partial charge in [0, 0.05) is 18.8 Å². The molecule has 0 atom stereocenters. The Morgan fingerprint density at radius 1 is 1.32 bits per heavy atom. The lowest BCUT2D eigenvalue weighted by Crippen LogP contribution is -2.37. The van der Waals surface area contributed by atoms with E-state index in [9.17, 15) is 5.26 Å². The molecule has 100 valence electrons. The minimum atomic E-state index is 0.631. The molecule has 0 unspecified atom stereocenters. The van der Waals surface area contributed by atoms with E-state index in [4.69, 9.17) is 0 Å². The highest BCUT2D eigenvalue weighted by molar-refractivity contribution is 5.59. The fraction of sp³-hybridized carbons (Fsp3) is 0.600. The van der Waals surface area contributed by atoms with Gasteiger partial charge in [-0.25, -0.2) is 0 Å². The normalized spacial score (nSPS) is 19.9. The first-order valence-corrected chi connectivity index (χ1v) is 7.20. The molecule has 0 spiro atoms. The lowest BCUT2D eigenvalue weighted by molar-refractivity contribution is 0.372. The first-order valence-electron chi connectivity index (χ1n) is 7.20. The third kappa shape index (κ3) is 2.87. The van der Waals surface area contributed by atoms with Crippen molar-refractivity contribution in [2.45, 2.75) is 31.7 Å². The number of hydrogen-bond donors (Lipinski definition) is 1. The van der Waals surface area contributed by atoms with E-state index in [1.165, 1.54) is 25.7 Å². The monoisotopic (exact) mass is 256 g/mol. The molecule has 2 heterocycles. The van der Waals surface area contributed by atoms with Crippen molar-refractivity contribution in [3.63, 3.8) is 0 Å². The van der Waals surface area contributed by atoms with Gasteiger partial charge in [0.05, 0.1) is 17.4 Å². The third-order valence-corrected chi connectivity index (χ3v) is 4.13. The molecule has 2 fully saturated rings. The zero-order valence-electron chi connectivity index (χ0n) is 11.2. The van der Waals surface area contributed by atoms with Crippen LogP contribution in [0, 0.1) is 17.2 Å². The summed E-state index contributed by atoms with van der Waals surface area (Å²) in [5.41, 5.74) is 1.79. The zero-order chi connectivity index (χ0) is 13.1. The highest BCUT2D eigenvalue weighted by Crippen LogP contribution is 2.34. The predicted octanol–water partition coefficient (Wildman–Crippen LogP) is 1.92. The average molecular weight is 256 g/mol. The van der Waals surface area contributed by atoms with Gasteiger partial charge in [-0.2, -0.15) is 5.26 Å². The van der Waals surface area contributed by atoms with E-state index in [1.54, 1.807) is 6.20 Å². The molecule has 0 radical (unpaired) electrons. The molecule has 0 bridgehead atoms. The van der Waals surface area contributed by atoms with Crippen LogP contribution >= 0.6 is 0 Å². The first kappa shape index (κ1) is 12.4. The Hall–Kier alpha value is -1.60. The van der Waals surface area contributed by atoms with Gasteiger partial charge in [-0.3, -0.25) is 4.98 Å². The van der Waals surface area contributed by atoms with Gasteiger partial charge >= 0.3 is 0 Å². The van der Waals surface area contributed by atoms with Crippen LogP contribution in [0.15, 0.2) is 18.5 Å². The van der Waals surface area contributed by atoms with Crippen LogP contribution < -0.4 is 10.2 Å². The summed E-state index contributed by atoms with van der Waals surface area (Å²) in [5, 5.41) is 12.7.